The molecule has 0 spiro atoms. The predicted octanol–water partition coefficient (Wildman–Crippen LogP) is 4.14. The second kappa shape index (κ2) is 8.32. The van der Waals surface area contributed by atoms with Crippen LogP contribution in [-0.2, 0) is 11.8 Å². The number of aromatic nitrogens is 1. The van der Waals surface area contributed by atoms with Gasteiger partial charge in [0.1, 0.15) is 4.32 Å². The van der Waals surface area contributed by atoms with E-state index in [2.05, 4.69) is 11.0 Å². The van der Waals surface area contributed by atoms with E-state index < -0.39 is 0 Å². The van der Waals surface area contributed by atoms with Crippen LogP contribution < -0.4 is 10.5 Å². The van der Waals surface area contributed by atoms with Crippen molar-refractivity contribution >= 4 is 56.9 Å². The maximum absolute atomic E-state index is 13.4. The van der Waals surface area contributed by atoms with E-state index in [0.29, 0.717) is 21.3 Å². The monoisotopic (exact) mass is 427 g/mol. The molecule has 0 radical (unpaired) electrons. The second-order valence-corrected chi connectivity index (χ2v) is 9.15. The van der Waals surface area contributed by atoms with Gasteiger partial charge >= 0.3 is 0 Å². The lowest BCUT2D eigenvalue weighted by molar-refractivity contribution is -0.121. The molecule has 29 heavy (non-hydrogen) atoms. The Bertz CT molecular complexity index is 1070. The molecule has 0 N–H and O–H groups in total. The normalized spacial score (nSPS) is 19.4. The van der Waals surface area contributed by atoms with Crippen LogP contribution in [0.25, 0.3) is 17.0 Å². The summed E-state index contributed by atoms with van der Waals surface area (Å²) in [5, 5.41) is 1.05. The van der Waals surface area contributed by atoms with Gasteiger partial charge in [-0.2, -0.15) is 0 Å². The van der Waals surface area contributed by atoms with E-state index in [1.165, 1.54) is 24.6 Å². The van der Waals surface area contributed by atoms with Gasteiger partial charge in [-0.05, 0) is 31.9 Å². The molecular formula is C22H25N3O2S2. The number of para-hydroxylation sites is 1. The van der Waals surface area contributed by atoms with Crippen molar-refractivity contribution < 1.29 is 4.79 Å². The summed E-state index contributed by atoms with van der Waals surface area (Å²) in [5.74, 6) is -0.112. The average Bonchev–Trinajstić information content (AvgIpc) is 2.90. The Morgan fingerprint density at radius 2 is 1.79 bits per heavy atom. The fraction of sp³-hybridized carbons (Fsp3) is 0.409. The van der Waals surface area contributed by atoms with Crippen LogP contribution >= 0.6 is 24.0 Å². The van der Waals surface area contributed by atoms with E-state index in [-0.39, 0.29) is 11.5 Å². The van der Waals surface area contributed by atoms with Crippen molar-refractivity contribution in [3.63, 3.8) is 0 Å². The first-order valence-corrected chi connectivity index (χ1v) is 11.4. The largest absolute Gasteiger partial charge is 0.370 e. The van der Waals surface area contributed by atoms with E-state index in [1.807, 2.05) is 25.1 Å². The summed E-state index contributed by atoms with van der Waals surface area (Å²) < 4.78 is 2.24. The van der Waals surface area contributed by atoms with E-state index in [0.717, 1.165) is 42.5 Å². The Kier molecular flexibility index (Phi) is 5.79. The number of carbonyl (C=O) groups is 1. The quantitative estimate of drug-likeness (QED) is 0.544. The highest BCUT2D eigenvalue weighted by atomic mass is 32.2. The van der Waals surface area contributed by atoms with Gasteiger partial charge < -0.3 is 9.47 Å². The maximum Gasteiger partial charge on any atom is 0.266 e. The third-order valence-corrected chi connectivity index (χ3v) is 7.08. The lowest BCUT2D eigenvalue weighted by Gasteiger charge is -2.27. The minimum absolute atomic E-state index is 0.0790. The van der Waals surface area contributed by atoms with Crippen LogP contribution in [0, 0.1) is 0 Å². The van der Waals surface area contributed by atoms with Crippen LogP contribution in [0.5, 0.6) is 0 Å². The number of benzene rings is 1. The van der Waals surface area contributed by atoms with Gasteiger partial charge in [0.2, 0.25) is 0 Å². The van der Waals surface area contributed by atoms with Crippen molar-refractivity contribution in [1.82, 2.24) is 9.47 Å². The first-order chi connectivity index (χ1) is 14.0. The van der Waals surface area contributed by atoms with Gasteiger partial charge in [0.15, 0.2) is 0 Å². The van der Waals surface area contributed by atoms with Gasteiger partial charge in [-0.1, -0.05) is 55.0 Å². The molecule has 4 rings (SSSR count). The molecule has 1 amide bonds. The first kappa shape index (κ1) is 20.2. The number of aryl methyl sites for hydroxylation is 1. The Morgan fingerprint density at radius 1 is 1.10 bits per heavy atom. The minimum Gasteiger partial charge on any atom is -0.370 e. The molecule has 5 nitrogen and oxygen atoms in total. The van der Waals surface area contributed by atoms with E-state index in [1.54, 1.807) is 22.6 Å². The SMILES string of the molecule is CCN1C(=O)C(=Cc2c(N3CCCCCC3)c3ccccc3n(C)c2=O)SC1=S. The zero-order valence-electron chi connectivity index (χ0n) is 16.8. The molecule has 2 aliphatic heterocycles. The lowest BCUT2D eigenvalue weighted by atomic mass is 10.1. The lowest BCUT2D eigenvalue weighted by Crippen LogP contribution is -2.30. The molecule has 1 aromatic heterocycles. The molecule has 152 valence electrons. The van der Waals surface area contributed by atoms with Crippen LogP contribution in [0.15, 0.2) is 34.0 Å². The molecule has 0 bridgehead atoms. The van der Waals surface area contributed by atoms with Gasteiger partial charge in [0.25, 0.3) is 11.5 Å². The molecule has 3 heterocycles. The number of pyridine rings is 1. The number of fused-ring (bicyclic) bond motifs is 1. The van der Waals surface area contributed by atoms with E-state index in [4.69, 9.17) is 12.2 Å². The number of likely N-dealkylation sites (N-methyl/N-ethyl adjacent to an activating group) is 1. The number of carbonyl (C=O) groups excluding carboxylic acids is 1. The first-order valence-electron chi connectivity index (χ1n) is 10.1. The summed E-state index contributed by atoms with van der Waals surface area (Å²) in [6.07, 6.45) is 6.42. The summed E-state index contributed by atoms with van der Waals surface area (Å²) in [5.41, 5.74) is 2.37. The van der Waals surface area contributed by atoms with Crippen molar-refractivity contribution in [2.75, 3.05) is 24.5 Å². The number of thioether (sulfide) groups is 1. The van der Waals surface area contributed by atoms with Gasteiger partial charge in [0, 0.05) is 32.1 Å². The molecule has 2 aromatic rings. The molecule has 1 aromatic carbocycles. The summed E-state index contributed by atoms with van der Waals surface area (Å²) in [4.78, 5) is 30.6. The number of nitrogens with zero attached hydrogens (tertiary/aromatic N) is 3. The van der Waals surface area contributed by atoms with Crippen molar-refractivity contribution in [3.05, 3.63) is 45.1 Å². The fourth-order valence-electron chi connectivity index (χ4n) is 4.17. The van der Waals surface area contributed by atoms with Crippen molar-refractivity contribution in [2.24, 2.45) is 7.05 Å². The number of hydrogen-bond acceptors (Lipinski definition) is 5. The van der Waals surface area contributed by atoms with Crippen LogP contribution in [0.1, 0.15) is 38.2 Å². The summed E-state index contributed by atoms with van der Waals surface area (Å²) in [6, 6.07) is 8.02. The molecular weight excluding hydrogens is 402 g/mol. The van der Waals surface area contributed by atoms with Crippen molar-refractivity contribution in [2.45, 2.75) is 32.6 Å². The molecule has 2 aliphatic rings. The Morgan fingerprint density at radius 3 is 2.45 bits per heavy atom. The number of thiocarbonyl (C=S) groups is 1. The van der Waals surface area contributed by atoms with Crippen LogP contribution in [0.4, 0.5) is 5.69 Å². The van der Waals surface area contributed by atoms with Gasteiger partial charge in [-0.3, -0.25) is 14.5 Å². The molecule has 0 saturated carbocycles. The highest BCUT2D eigenvalue weighted by Crippen LogP contribution is 2.36. The highest BCUT2D eigenvalue weighted by molar-refractivity contribution is 8.26. The fourth-order valence-corrected chi connectivity index (χ4v) is 5.54. The molecule has 0 aliphatic carbocycles. The predicted molar refractivity (Wildman–Crippen MR) is 125 cm³/mol. The average molecular weight is 428 g/mol. The number of hydrogen-bond donors (Lipinski definition) is 0. The van der Waals surface area contributed by atoms with E-state index in [9.17, 15) is 9.59 Å². The maximum atomic E-state index is 13.4. The van der Waals surface area contributed by atoms with Crippen LogP contribution in [-0.4, -0.2) is 39.3 Å². The topological polar surface area (TPSA) is 45.6 Å². The number of rotatable bonds is 3. The molecule has 7 heteroatoms. The molecule has 0 atom stereocenters. The summed E-state index contributed by atoms with van der Waals surface area (Å²) in [7, 11) is 1.80. The second-order valence-electron chi connectivity index (χ2n) is 7.47. The van der Waals surface area contributed by atoms with Crippen LogP contribution in [0.2, 0.25) is 0 Å². The third-order valence-electron chi connectivity index (χ3n) is 5.70. The van der Waals surface area contributed by atoms with Crippen molar-refractivity contribution in [3.8, 4) is 0 Å². The van der Waals surface area contributed by atoms with Gasteiger partial charge in [-0.15, -0.1) is 0 Å². The van der Waals surface area contributed by atoms with Gasteiger partial charge in [0.05, 0.1) is 21.7 Å². The minimum atomic E-state index is -0.112. The van der Waals surface area contributed by atoms with E-state index >= 15 is 0 Å². The Labute approximate surface area is 180 Å². The zero-order chi connectivity index (χ0) is 20.5. The molecule has 2 fully saturated rings. The molecule has 2 saturated heterocycles. The third kappa shape index (κ3) is 3.62. The number of anilines is 1. The van der Waals surface area contributed by atoms with Gasteiger partial charge in [-0.25, -0.2) is 0 Å². The smallest absolute Gasteiger partial charge is 0.266 e. The Hall–Kier alpha value is -2.12. The zero-order valence-corrected chi connectivity index (χ0v) is 18.4. The Balaban J connectivity index is 1.95. The summed E-state index contributed by atoms with van der Waals surface area (Å²) in [6.45, 7) is 4.30. The van der Waals surface area contributed by atoms with Crippen molar-refractivity contribution in [1.29, 1.82) is 0 Å². The number of amides is 1. The summed E-state index contributed by atoms with van der Waals surface area (Å²) >= 11 is 6.64. The standard InChI is InChI=1S/C22H25N3O2S2/c1-3-25-21(27)18(29-22(25)28)14-16-19(24-12-8-4-5-9-13-24)15-10-6-7-11-17(15)23(2)20(16)26/h6-7,10-11,14H,3-5,8-9,12-13H2,1-2H3. The van der Waals surface area contributed by atoms with Crippen LogP contribution in [0.3, 0.4) is 0 Å². The molecule has 0 unspecified atom stereocenters. The highest BCUT2D eigenvalue weighted by Gasteiger charge is 2.32.